The first kappa shape index (κ1) is 22.5. The molecule has 158 valence electrons. The highest BCUT2D eigenvalue weighted by Gasteiger charge is 2.27. The molecule has 0 saturated heterocycles. The van der Waals surface area contributed by atoms with E-state index in [1.54, 1.807) is 24.3 Å². The van der Waals surface area contributed by atoms with Gasteiger partial charge in [-0.1, -0.05) is 0 Å². The molecule has 2 rings (SSSR count). The molecule has 0 unspecified atom stereocenters. The number of benzene rings is 1. The van der Waals surface area contributed by atoms with Crippen LogP contribution in [0.1, 0.15) is 6.92 Å². The summed E-state index contributed by atoms with van der Waals surface area (Å²) in [6.45, 7) is 1.05. The summed E-state index contributed by atoms with van der Waals surface area (Å²) in [7, 11) is -5.83. The minimum Gasteiger partial charge on any atom is -0.342 e. The number of carbonyl (C=O) groups is 2. The second-order valence-corrected chi connectivity index (χ2v) is 9.59. The van der Waals surface area contributed by atoms with E-state index < -0.39 is 35.7 Å². The van der Waals surface area contributed by atoms with Crippen molar-refractivity contribution in [2.75, 3.05) is 24.7 Å². The fraction of sp³-hybridized carbons (Fsp3) is 0.250. The Morgan fingerprint density at radius 1 is 0.828 bits per heavy atom. The van der Waals surface area contributed by atoms with Gasteiger partial charge in [0, 0.05) is 30.7 Å². The zero-order chi connectivity index (χ0) is 21.8. The van der Waals surface area contributed by atoms with Crippen LogP contribution in [0.3, 0.4) is 0 Å². The van der Waals surface area contributed by atoms with Crippen molar-refractivity contribution in [1.29, 1.82) is 0 Å². The molecule has 0 atom stereocenters. The number of amides is 2. The van der Waals surface area contributed by atoms with Crippen molar-refractivity contribution in [3.05, 3.63) is 36.7 Å². The fourth-order valence-corrected chi connectivity index (χ4v) is 4.67. The van der Waals surface area contributed by atoms with Gasteiger partial charge in [-0.15, -0.1) is 0 Å². The summed E-state index contributed by atoms with van der Waals surface area (Å²) in [5.41, 5.74) is 1.01. The molecular formula is C16H21N5O6S2. The molecule has 29 heavy (non-hydrogen) atoms. The van der Waals surface area contributed by atoms with Gasteiger partial charge in [0.25, 0.3) is 0 Å². The Bertz CT molecular complexity index is 1070. The van der Waals surface area contributed by atoms with Crippen LogP contribution in [0.25, 0.3) is 0 Å². The summed E-state index contributed by atoms with van der Waals surface area (Å²) >= 11 is 0. The number of sulfonamides is 2. The van der Waals surface area contributed by atoms with E-state index in [1.807, 2.05) is 0 Å². The van der Waals surface area contributed by atoms with Crippen LogP contribution < -0.4 is 20.1 Å². The van der Waals surface area contributed by atoms with Gasteiger partial charge >= 0.3 is 0 Å². The lowest BCUT2D eigenvalue weighted by atomic mass is 10.2. The molecule has 0 fully saturated rings. The first-order valence-electron chi connectivity index (χ1n) is 8.23. The van der Waals surface area contributed by atoms with E-state index >= 15 is 0 Å². The van der Waals surface area contributed by atoms with Crippen molar-refractivity contribution in [1.82, 2.24) is 14.0 Å². The topological polar surface area (TPSA) is 155 Å². The number of hydrogen-bond donors (Lipinski definition) is 4. The van der Waals surface area contributed by atoms with Crippen molar-refractivity contribution in [3.8, 4) is 0 Å². The number of carbonyl (C=O) groups excluding carboxylic acids is 2. The number of nitrogens with zero attached hydrogens (tertiary/aromatic N) is 1. The predicted octanol–water partition coefficient (Wildman–Crippen LogP) is -0.0986. The summed E-state index contributed by atoms with van der Waals surface area (Å²) < 4.78 is 53.8. The molecular weight excluding hydrogens is 422 g/mol. The fourth-order valence-electron chi connectivity index (χ4n) is 2.39. The molecule has 0 aliphatic rings. The molecule has 0 aliphatic carbocycles. The molecule has 0 spiro atoms. The summed E-state index contributed by atoms with van der Waals surface area (Å²) in [5.74, 6) is -0.733. The molecule has 1 heterocycles. The van der Waals surface area contributed by atoms with E-state index in [-0.39, 0.29) is 12.5 Å². The molecule has 0 saturated carbocycles. The van der Waals surface area contributed by atoms with Crippen LogP contribution in [-0.2, 0) is 36.2 Å². The number of rotatable bonds is 8. The predicted molar refractivity (Wildman–Crippen MR) is 106 cm³/mol. The largest absolute Gasteiger partial charge is 0.342 e. The van der Waals surface area contributed by atoms with Gasteiger partial charge < -0.3 is 15.2 Å². The van der Waals surface area contributed by atoms with Crippen molar-refractivity contribution in [2.45, 2.75) is 23.3 Å². The van der Waals surface area contributed by atoms with Crippen LogP contribution in [0.2, 0.25) is 0 Å². The smallest absolute Gasteiger partial charge is 0.244 e. The van der Waals surface area contributed by atoms with E-state index in [4.69, 9.17) is 0 Å². The van der Waals surface area contributed by atoms with E-state index in [0.717, 1.165) is 31.1 Å². The Labute approximate surface area is 168 Å². The van der Waals surface area contributed by atoms with E-state index in [1.165, 1.54) is 6.92 Å². The van der Waals surface area contributed by atoms with Gasteiger partial charge in [-0.05, 0) is 38.4 Å². The van der Waals surface area contributed by atoms with Crippen LogP contribution in [-0.4, -0.2) is 47.3 Å². The van der Waals surface area contributed by atoms with Crippen molar-refractivity contribution < 1.29 is 26.4 Å². The number of anilines is 2. The lowest BCUT2D eigenvalue weighted by Gasteiger charge is -2.07. The third-order valence-electron chi connectivity index (χ3n) is 3.74. The van der Waals surface area contributed by atoms with Crippen molar-refractivity contribution >= 4 is 43.2 Å². The second kappa shape index (κ2) is 8.73. The van der Waals surface area contributed by atoms with Gasteiger partial charge in [0.2, 0.25) is 31.9 Å². The highest BCUT2D eigenvalue weighted by Crippen LogP contribution is 2.22. The molecule has 2 amide bonds. The molecule has 0 radical (unpaired) electrons. The average Bonchev–Trinajstić information content (AvgIpc) is 3.08. The second-order valence-electron chi connectivity index (χ2n) is 5.88. The highest BCUT2D eigenvalue weighted by molar-refractivity contribution is 7.92. The zero-order valence-electron chi connectivity index (χ0n) is 15.9. The van der Waals surface area contributed by atoms with E-state index in [9.17, 15) is 26.4 Å². The minimum atomic E-state index is -4.07. The third-order valence-corrected chi connectivity index (χ3v) is 6.75. The van der Waals surface area contributed by atoms with E-state index in [0.29, 0.717) is 11.4 Å². The molecule has 1 aromatic carbocycles. The number of nitrogens with one attached hydrogen (secondary N) is 4. The summed E-state index contributed by atoms with van der Waals surface area (Å²) in [4.78, 5) is 22.3. The van der Waals surface area contributed by atoms with Gasteiger partial charge in [0.1, 0.15) is 16.3 Å². The van der Waals surface area contributed by atoms with Crippen LogP contribution in [0, 0.1) is 0 Å². The van der Waals surface area contributed by atoms with Crippen molar-refractivity contribution in [2.24, 2.45) is 0 Å². The Hall–Kier alpha value is -2.74. The van der Waals surface area contributed by atoms with Crippen LogP contribution in [0.5, 0.6) is 0 Å². The van der Waals surface area contributed by atoms with Gasteiger partial charge in [-0.25, -0.2) is 26.3 Å². The standard InChI is InChI=1S/C16H21N5O6S2/c1-11(22)19-12-4-6-13(7-5-12)20-16(23)10-21-8-14(28(24,25)17-2)15(9-21)29(26,27)18-3/h4-9,17-18H,10H2,1-3H3,(H,19,22)(H,20,23). The Morgan fingerprint density at radius 2 is 1.24 bits per heavy atom. The number of hydrogen-bond acceptors (Lipinski definition) is 6. The maximum absolute atomic E-state index is 12.3. The maximum Gasteiger partial charge on any atom is 0.244 e. The summed E-state index contributed by atoms with van der Waals surface area (Å²) in [5, 5.41) is 5.19. The molecule has 0 aliphatic heterocycles. The monoisotopic (exact) mass is 443 g/mol. The summed E-state index contributed by atoms with van der Waals surface area (Å²) in [6, 6.07) is 6.35. The van der Waals surface area contributed by atoms with Crippen LogP contribution in [0.4, 0.5) is 11.4 Å². The maximum atomic E-state index is 12.3. The van der Waals surface area contributed by atoms with Gasteiger partial charge in [-0.3, -0.25) is 9.59 Å². The van der Waals surface area contributed by atoms with Gasteiger partial charge in [0.05, 0.1) is 0 Å². The lowest BCUT2D eigenvalue weighted by Crippen LogP contribution is -2.24. The molecule has 1 aromatic heterocycles. The summed E-state index contributed by atoms with van der Waals surface area (Å²) in [6.07, 6.45) is 2.13. The average molecular weight is 444 g/mol. The molecule has 2 aromatic rings. The Balaban J connectivity index is 2.22. The minimum absolute atomic E-state index is 0.228. The van der Waals surface area contributed by atoms with Gasteiger partial charge in [0.15, 0.2) is 0 Å². The highest BCUT2D eigenvalue weighted by atomic mass is 32.2. The SMILES string of the molecule is CNS(=O)(=O)c1cn(CC(=O)Nc2ccc(NC(C)=O)cc2)cc1S(=O)(=O)NC. The number of aromatic nitrogens is 1. The zero-order valence-corrected chi connectivity index (χ0v) is 17.5. The Morgan fingerprint density at radius 3 is 1.62 bits per heavy atom. The van der Waals surface area contributed by atoms with Crippen molar-refractivity contribution in [3.63, 3.8) is 0 Å². The first-order chi connectivity index (χ1) is 13.5. The molecule has 13 heteroatoms. The molecule has 4 N–H and O–H groups in total. The third kappa shape index (κ3) is 5.63. The quantitative estimate of drug-likeness (QED) is 0.446. The first-order valence-corrected chi connectivity index (χ1v) is 11.2. The molecule has 11 nitrogen and oxygen atoms in total. The Kier molecular flexibility index (Phi) is 6.79. The van der Waals surface area contributed by atoms with Crippen LogP contribution in [0.15, 0.2) is 46.5 Å². The molecule has 0 bridgehead atoms. The van der Waals surface area contributed by atoms with Gasteiger partial charge in [-0.2, -0.15) is 0 Å². The lowest BCUT2D eigenvalue weighted by molar-refractivity contribution is -0.117. The van der Waals surface area contributed by atoms with Crippen LogP contribution >= 0.6 is 0 Å². The normalized spacial score (nSPS) is 11.8. The van der Waals surface area contributed by atoms with E-state index in [2.05, 4.69) is 20.1 Å².